The maximum atomic E-state index is 12.1. The second-order valence-electron chi connectivity index (χ2n) is 4.11. The highest BCUT2D eigenvalue weighted by molar-refractivity contribution is 14.1. The van der Waals surface area contributed by atoms with Crippen LogP contribution in [0.15, 0.2) is 22.7 Å². The van der Waals surface area contributed by atoms with E-state index in [1.54, 1.807) is 6.07 Å². The van der Waals surface area contributed by atoms with Crippen molar-refractivity contribution >= 4 is 34.4 Å². The quantitative estimate of drug-likeness (QED) is 0.839. The Morgan fingerprint density at radius 3 is 2.67 bits per heavy atom. The molecule has 94 valence electrons. The van der Waals surface area contributed by atoms with E-state index in [4.69, 9.17) is 4.52 Å². The largest absolute Gasteiger partial charge is 0.338 e. The molecule has 0 atom stereocenters. The zero-order valence-electron chi connectivity index (χ0n) is 10.4. The zero-order chi connectivity index (χ0) is 13.3. The monoisotopic (exact) mass is 356 g/mol. The number of anilines is 1. The molecule has 0 fully saturated rings. The first-order chi connectivity index (χ1) is 8.50. The number of benzene rings is 1. The second-order valence-corrected chi connectivity index (χ2v) is 5.19. The van der Waals surface area contributed by atoms with Crippen LogP contribution in [0.5, 0.6) is 0 Å². The number of amides is 1. The highest BCUT2D eigenvalue weighted by atomic mass is 127. The van der Waals surface area contributed by atoms with Gasteiger partial charge in [0.1, 0.15) is 0 Å². The van der Waals surface area contributed by atoms with Crippen molar-refractivity contribution in [3.63, 3.8) is 0 Å². The van der Waals surface area contributed by atoms with Gasteiger partial charge in [0, 0.05) is 9.13 Å². The van der Waals surface area contributed by atoms with E-state index in [-0.39, 0.29) is 5.91 Å². The minimum absolute atomic E-state index is 0.178. The lowest BCUT2D eigenvalue weighted by Crippen LogP contribution is -2.14. The molecule has 0 aliphatic heterocycles. The summed E-state index contributed by atoms with van der Waals surface area (Å²) in [4.78, 5) is 12.1. The first-order valence-corrected chi connectivity index (χ1v) is 6.58. The van der Waals surface area contributed by atoms with E-state index in [2.05, 4.69) is 33.1 Å². The average molecular weight is 356 g/mol. The number of aryl methyl sites for hydroxylation is 2. The number of hydrogen-bond acceptors (Lipinski definition) is 3. The normalized spacial score (nSPS) is 10.4. The number of carbonyl (C=O) groups is 1. The molecule has 1 aromatic carbocycles. The molecule has 0 saturated heterocycles. The average Bonchev–Trinajstić information content (AvgIpc) is 2.64. The van der Waals surface area contributed by atoms with Gasteiger partial charge in [-0.2, -0.15) is 0 Å². The van der Waals surface area contributed by atoms with Gasteiger partial charge in [0.15, 0.2) is 0 Å². The number of carbonyl (C=O) groups excluding carboxylic acids is 1. The Morgan fingerprint density at radius 1 is 1.33 bits per heavy atom. The third kappa shape index (κ3) is 2.40. The lowest BCUT2D eigenvalue weighted by molar-refractivity contribution is 0.102. The summed E-state index contributed by atoms with van der Waals surface area (Å²) in [5, 5.41) is 6.55. The molecule has 0 spiro atoms. The van der Waals surface area contributed by atoms with Crippen molar-refractivity contribution in [1.82, 2.24) is 5.16 Å². The third-order valence-electron chi connectivity index (χ3n) is 2.82. The van der Waals surface area contributed by atoms with Crippen molar-refractivity contribution < 1.29 is 9.32 Å². The van der Waals surface area contributed by atoms with Crippen molar-refractivity contribution in [2.24, 2.45) is 0 Å². The molecule has 0 bridgehead atoms. The van der Waals surface area contributed by atoms with Crippen molar-refractivity contribution in [2.45, 2.75) is 20.8 Å². The fraction of sp³-hybridized carbons (Fsp3) is 0.231. The maximum absolute atomic E-state index is 12.1. The van der Waals surface area contributed by atoms with E-state index in [1.165, 1.54) is 0 Å². The molecular weight excluding hydrogens is 343 g/mol. The highest BCUT2D eigenvalue weighted by Gasteiger charge is 2.15. The number of hydrogen-bond donors (Lipinski definition) is 1. The van der Waals surface area contributed by atoms with E-state index in [0.717, 1.165) is 20.4 Å². The van der Waals surface area contributed by atoms with Crippen LogP contribution in [0, 0.1) is 24.3 Å². The Morgan fingerprint density at radius 2 is 2.06 bits per heavy atom. The number of nitrogens with zero attached hydrogens (tertiary/aromatic N) is 1. The predicted octanol–water partition coefficient (Wildman–Crippen LogP) is 3.46. The van der Waals surface area contributed by atoms with Gasteiger partial charge in [-0.05, 0) is 55.0 Å². The van der Waals surface area contributed by atoms with Gasteiger partial charge in [0.05, 0.1) is 11.3 Å². The standard InChI is InChI=1S/C13H13IN2O2/c1-7-5-4-6-10(11(7)14)12(17)15-13-8(2)9(3)16-18-13/h4-6H,1-3H3,(H,15,17). The lowest BCUT2D eigenvalue weighted by Gasteiger charge is -2.06. The molecule has 1 heterocycles. The molecule has 4 nitrogen and oxygen atoms in total. The van der Waals surface area contributed by atoms with Gasteiger partial charge in [-0.3, -0.25) is 10.1 Å². The van der Waals surface area contributed by atoms with Crippen molar-refractivity contribution in [2.75, 3.05) is 5.32 Å². The van der Waals surface area contributed by atoms with Gasteiger partial charge >= 0.3 is 0 Å². The van der Waals surface area contributed by atoms with Gasteiger partial charge in [0.2, 0.25) is 5.88 Å². The summed E-state index contributed by atoms with van der Waals surface area (Å²) in [7, 11) is 0. The Balaban J connectivity index is 2.28. The van der Waals surface area contributed by atoms with Crippen molar-refractivity contribution in [1.29, 1.82) is 0 Å². The number of halogens is 1. The Labute approximate surface area is 119 Å². The maximum Gasteiger partial charge on any atom is 0.259 e. The molecule has 0 radical (unpaired) electrons. The van der Waals surface area contributed by atoms with E-state index < -0.39 is 0 Å². The van der Waals surface area contributed by atoms with E-state index in [1.807, 2.05) is 32.9 Å². The molecule has 1 aromatic heterocycles. The van der Waals surface area contributed by atoms with Crippen molar-refractivity contribution in [3.8, 4) is 0 Å². The van der Waals surface area contributed by atoms with E-state index >= 15 is 0 Å². The lowest BCUT2D eigenvalue weighted by atomic mass is 10.1. The predicted molar refractivity (Wildman–Crippen MR) is 77.8 cm³/mol. The van der Waals surface area contributed by atoms with Gasteiger partial charge < -0.3 is 4.52 Å². The van der Waals surface area contributed by atoms with Crippen LogP contribution in [0.1, 0.15) is 27.2 Å². The molecule has 0 aliphatic carbocycles. The second kappa shape index (κ2) is 5.09. The van der Waals surface area contributed by atoms with Crippen LogP contribution in [-0.2, 0) is 0 Å². The summed E-state index contributed by atoms with van der Waals surface area (Å²) in [5.41, 5.74) is 3.35. The summed E-state index contributed by atoms with van der Waals surface area (Å²) < 4.78 is 6.02. The smallest absolute Gasteiger partial charge is 0.259 e. The van der Waals surface area contributed by atoms with E-state index in [0.29, 0.717) is 11.4 Å². The van der Waals surface area contributed by atoms with Crippen LogP contribution in [0.25, 0.3) is 0 Å². The third-order valence-corrected chi connectivity index (χ3v) is 4.25. The Bertz CT molecular complexity index is 605. The number of rotatable bonds is 2. The Kier molecular flexibility index (Phi) is 3.70. The zero-order valence-corrected chi connectivity index (χ0v) is 12.5. The van der Waals surface area contributed by atoms with Gasteiger partial charge in [-0.15, -0.1) is 0 Å². The first-order valence-electron chi connectivity index (χ1n) is 5.50. The molecule has 2 rings (SSSR count). The van der Waals surface area contributed by atoms with Crippen molar-refractivity contribution in [3.05, 3.63) is 44.2 Å². The van der Waals surface area contributed by atoms with Crippen LogP contribution in [0.4, 0.5) is 5.88 Å². The van der Waals surface area contributed by atoms with Crippen LogP contribution in [0.2, 0.25) is 0 Å². The summed E-state index contributed by atoms with van der Waals surface area (Å²) in [6, 6.07) is 5.63. The minimum atomic E-state index is -0.178. The highest BCUT2D eigenvalue weighted by Crippen LogP contribution is 2.21. The summed E-state index contributed by atoms with van der Waals surface area (Å²) in [6.45, 7) is 5.68. The fourth-order valence-electron chi connectivity index (χ4n) is 1.53. The molecule has 0 saturated carbocycles. The molecule has 1 N–H and O–H groups in total. The fourth-order valence-corrected chi connectivity index (χ4v) is 2.13. The molecular formula is C13H13IN2O2. The Hall–Kier alpha value is -1.37. The van der Waals surface area contributed by atoms with Crippen LogP contribution in [0.3, 0.4) is 0 Å². The van der Waals surface area contributed by atoms with Gasteiger partial charge in [-0.25, -0.2) is 0 Å². The molecule has 0 unspecified atom stereocenters. The van der Waals surface area contributed by atoms with E-state index in [9.17, 15) is 4.79 Å². The van der Waals surface area contributed by atoms with Gasteiger partial charge in [0.25, 0.3) is 5.91 Å². The summed E-state index contributed by atoms with van der Waals surface area (Å²) >= 11 is 2.17. The molecule has 2 aromatic rings. The molecule has 5 heteroatoms. The molecule has 18 heavy (non-hydrogen) atoms. The van der Waals surface area contributed by atoms with Gasteiger partial charge in [-0.1, -0.05) is 17.3 Å². The number of aromatic nitrogens is 1. The van der Waals surface area contributed by atoms with Crippen LogP contribution >= 0.6 is 22.6 Å². The molecule has 1 amide bonds. The SMILES string of the molecule is Cc1cccc(C(=O)Nc2onc(C)c2C)c1I. The summed E-state index contributed by atoms with van der Waals surface area (Å²) in [5.74, 6) is 0.233. The summed E-state index contributed by atoms with van der Waals surface area (Å²) in [6.07, 6.45) is 0. The first kappa shape index (κ1) is 13.1. The minimum Gasteiger partial charge on any atom is -0.338 e. The topological polar surface area (TPSA) is 55.1 Å². The number of nitrogens with one attached hydrogen (secondary N) is 1. The van der Waals surface area contributed by atoms with Crippen LogP contribution in [-0.4, -0.2) is 11.1 Å². The van der Waals surface area contributed by atoms with Crippen LogP contribution < -0.4 is 5.32 Å². The molecule has 0 aliphatic rings.